The van der Waals surface area contributed by atoms with E-state index in [0.717, 1.165) is 17.7 Å². The summed E-state index contributed by atoms with van der Waals surface area (Å²) in [6.45, 7) is 3.79. The first-order valence-electron chi connectivity index (χ1n) is 8.01. The molecule has 1 saturated carbocycles. The van der Waals surface area contributed by atoms with Crippen molar-refractivity contribution < 1.29 is 13.6 Å². The van der Waals surface area contributed by atoms with E-state index in [2.05, 4.69) is 15.4 Å². The number of pyridine rings is 1. The number of hydrogen-bond acceptors (Lipinski definition) is 4. The first kappa shape index (κ1) is 16.5. The molecule has 3 rings (SSSR count). The number of alkyl halides is 2. The second-order valence-electron chi connectivity index (χ2n) is 6.38. The van der Waals surface area contributed by atoms with E-state index in [9.17, 15) is 13.6 Å². The number of halogens is 2. The van der Waals surface area contributed by atoms with Crippen LogP contribution in [0.5, 0.6) is 0 Å². The van der Waals surface area contributed by atoms with Gasteiger partial charge in [-0.1, -0.05) is 0 Å². The van der Waals surface area contributed by atoms with Gasteiger partial charge in [0.05, 0.1) is 5.69 Å². The molecule has 1 N–H and O–H groups in total. The molecule has 128 valence electrons. The normalized spacial score (nSPS) is 17.7. The molecule has 1 aliphatic rings. The molecule has 1 aliphatic carbocycles. The third kappa shape index (κ3) is 3.60. The molecule has 2 aromatic heterocycles. The minimum Gasteiger partial charge on any atom is -0.367 e. The number of aryl methyl sites for hydroxylation is 2. The van der Waals surface area contributed by atoms with Crippen LogP contribution in [0.3, 0.4) is 0 Å². The van der Waals surface area contributed by atoms with Gasteiger partial charge in [-0.2, -0.15) is 5.10 Å². The molecule has 0 unspecified atom stereocenters. The molecule has 0 spiro atoms. The van der Waals surface area contributed by atoms with Crippen molar-refractivity contribution in [2.24, 2.45) is 0 Å². The van der Waals surface area contributed by atoms with Crippen molar-refractivity contribution >= 4 is 12.1 Å². The monoisotopic (exact) mass is 334 g/mol. The highest BCUT2D eigenvalue weighted by molar-refractivity contribution is 5.77. The van der Waals surface area contributed by atoms with E-state index < -0.39 is 5.92 Å². The van der Waals surface area contributed by atoms with Crippen LogP contribution in [-0.4, -0.2) is 33.0 Å². The SMILES string of the molecule is Cc1cc(C)n(-c2cc(C=O)cc(NC3CCC(F)(F)CC3)n2)n1. The predicted octanol–water partition coefficient (Wildman–Crippen LogP) is 3.69. The highest BCUT2D eigenvalue weighted by Crippen LogP contribution is 2.34. The summed E-state index contributed by atoms with van der Waals surface area (Å²) < 4.78 is 28.2. The zero-order chi connectivity index (χ0) is 17.3. The molecular formula is C17H20F2N4O. The largest absolute Gasteiger partial charge is 0.367 e. The van der Waals surface area contributed by atoms with Crippen LogP contribution in [0, 0.1) is 13.8 Å². The van der Waals surface area contributed by atoms with Crippen molar-refractivity contribution in [3.63, 3.8) is 0 Å². The molecular weight excluding hydrogens is 314 g/mol. The minimum atomic E-state index is -2.56. The Labute approximate surface area is 139 Å². The van der Waals surface area contributed by atoms with E-state index in [4.69, 9.17) is 0 Å². The fraction of sp³-hybridized carbons (Fsp3) is 0.471. The Morgan fingerprint density at radius 3 is 2.54 bits per heavy atom. The predicted molar refractivity (Wildman–Crippen MR) is 87.0 cm³/mol. The van der Waals surface area contributed by atoms with Gasteiger partial charge < -0.3 is 5.32 Å². The van der Waals surface area contributed by atoms with Gasteiger partial charge >= 0.3 is 0 Å². The summed E-state index contributed by atoms with van der Waals surface area (Å²) in [5.74, 6) is -1.52. The molecule has 24 heavy (non-hydrogen) atoms. The van der Waals surface area contributed by atoms with E-state index >= 15 is 0 Å². The number of aldehydes is 1. The zero-order valence-electron chi connectivity index (χ0n) is 13.7. The van der Waals surface area contributed by atoms with E-state index in [-0.39, 0.29) is 18.9 Å². The van der Waals surface area contributed by atoms with Gasteiger partial charge in [-0.25, -0.2) is 18.4 Å². The van der Waals surface area contributed by atoms with Gasteiger partial charge in [0.15, 0.2) is 5.82 Å². The van der Waals surface area contributed by atoms with E-state index in [0.29, 0.717) is 30.0 Å². The number of nitrogens with zero attached hydrogens (tertiary/aromatic N) is 3. The lowest BCUT2D eigenvalue weighted by atomic mass is 9.92. The fourth-order valence-corrected chi connectivity index (χ4v) is 3.04. The van der Waals surface area contributed by atoms with Crippen LogP contribution < -0.4 is 5.32 Å². The summed E-state index contributed by atoms with van der Waals surface area (Å²) in [6, 6.07) is 5.15. The van der Waals surface area contributed by atoms with Gasteiger partial charge in [-0.3, -0.25) is 4.79 Å². The van der Waals surface area contributed by atoms with Gasteiger partial charge in [-0.05, 0) is 44.9 Å². The molecule has 1 fully saturated rings. The van der Waals surface area contributed by atoms with E-state index in [1.54, 1.807) is 16.8 Å². The number of nitrogens with one attached hydrogen (secondary N) is 1. The minimum absolute atomic E-state index is 0.0627. The molecule has 0 aromatic carbocycles. The average molecular weight is 334 g/mol. The average Bonchev–Trinajstić information content (AvgIpc) is 2.88. The van der Waals surface area contributed by atoms with Crippen molar-refractivity contribution in [1.29, 1.82) is 0 Å². The Balaban J connectivity index is 1.85. The van der Waals surface area contributed by atoms with Gasteiger partial charge in [0.2, 0.25) is 5.92 Å². The number of rotatable bonds is 4. The van der Waals surface area contributed by atoms with Gasteiger partial charge in [0.1, 0.15) is 12.1 Å². The van der Waals surface area contributed by atoms with E-state index in [1.165, 1.54) is 0 Å². The van der Waals surface area contributed by atoms with Crippen LogP contribution >= 0.6 is 0 Å². The maximum absolute atomic E-state index is 13.3. The lowest BCUT2D eigenvalue weighted by Crippen LogP contribution is -2.32. The number of anilines is 1. The number of carbonyl (C=O) groups excluding carboxylic acids is 1. The molecule has 5 nitrogen and oxygen atoms in total. The number of aromatic nitrogens is 3. The van der Waals surface area contributed by atoms with Gasteiger partial charge in [-0.15, -0.1) is 0 Å². The molecule has 0 saturated heterocycles. The summed E-state index contributed by atoms with van der Waals surface area (Å²) in [6.07, 6.45) is 1.27. The van der Waals surface area contributed by atoms with Crippen LogP contribution in [0.15, 0.2) is 18.2 Å². The molecule has 0 radical (unpaired) electrons. The Bertz CT molecular complexity index is 747. The lowest BCUT2D eigenvalue weighted by molar-refractivity contribution is -0.0361. The third-order valence-electron chi connectivity index (χ3n) is 4.27. The van der Waals surface area contributed by atoms with Crippen LogP contribution in [-0.2, 0) is 0 Å². The quantitative estimate of drug-likeness (QED) is 0.867. The first-order chi connectivity index (χ1) is 11.4. The number of carbonyl (C=O) groups is 1. The van der Waals surface area contributed by atoms with Crippen LogP contribution in [0.4, 0.5) is 14.6 Å². The Kier molecular flexibility index (Phi) is 4.34. The second kappa shape index (κ2) is 6.30. The zero-order valence-corrected chi connectivity index (χ0v) is 13.7. The Hall–Kier alpha value is -2.31. The molecule has 0 amide bonds. The summed E-state index contributed by atoms with van der Waals surface area (Å²) in [5.41, 5.74) is 2.23. The first-order valence-corrected chi connectivity index (χ1v) is 8.01. The summed E-state index contributed by atoms with van der Waals surface area (Å²) in [7, 11) is 0. The smallest absolute Gasteiger partial charge is 0.248 e. The van der Waals surface area contributed by atoms with Crippen LogP contribution in [0.2, 0.25) is 0 Å². The second-order valence-corrected chi connectivity index (χ2v) is 6.38. The van der Waals surface area contributed by atoms with Crippen LogP contribution in [0.1, 0.15) is 47.4 Å². The van der Waals surface area contributed by atoms with Crippen molar-refractivity contribution in [3.8, 4) is 5.82 Å². The summed E-state index contributed by atoms with van der Waals surface area (Å²) in [5, 5.41) is 7.56. The van der Waals surface area contributed by atoms with Crippen molar-refractivity contribution in [2.45, 2.75) is 51.5 Å². The highest BCUT2D eigenvalue weighted by atomic mass is 19.3. The third-order valence-corrected chi connectivity index (χ3v) is 4.27. The topological polar surface area (TPSA) is 59.8 Å². The molecule has 7 heteroatoms. The molecule has 0 bridgehead atoms. The highest BCUT2D eigenvalue weighted by Gasteiger charge is 2.34. The number of hydrogen-bond donors (Lipinski definition) is 1. The van der Waals surface area contributed by atoms with Crippen LogP contribution in [0.25, 0.3) is 5.82 Å². The van der Waals surface area contributed by atoms with Crippen molar-refractivity contribution in [3.05, 3.63) is 35.2 Å². The molecule has 0 atom stereocenters. The summed E-state index contributed by atoms with van der Waals surface area (Å²) >= 11 is 0. The molecule has 0 aliphatic heterocycles. The van der Waals surface area contributed by atoms with Crippen molar-refractivity contribution in [1.82, 2.24) is 14.8 Å². The molecule has 2 heterocycles. The fourth-order valence-electron chi connectivity index (χ4n) is 3.04. The van der Waals surface area contributed by atoms with Crippen molar-refractivity contribution in [2.75, 3.05) is 5.32 Å². The molecule has 2 aromatic rings. The van der Waals surface area contributed by atoms with Gasteiger partial charge in [0.25, 0.3) is 0 Å². The maximum atomic E-state index is 13.3. The Morgan fingerprint density at radius 2 is 1.96 bits per heavy atom. The summed E-state index contributed by atoms with van der Waals surface area (Å²) in [4.78, 5) is 15.7. The van der Waals surface area contributed by atoms with Gasteiger partial charge in [0, 0.05) is 30.1 Å². The van der Waals surface area contributed by atoms with E-state index in [1.807, 2.05) is 19.9 Å². The standard InChI is InChI=1S/C17H20F2N4O/c1-11-7-12(2)23(22-11)16-9-13(10-24)8-15(21-16)20-14-3-5-17(18,19)6-4-14/h7-10,14H,3-6H2,1-2H3,(H,20,21). The Morgan fingerprint density at radius 1 is 1.25 bits per heavy atom. The maximum Gasteiger partial charge on any atom is 0.248 e. The lowest BCUT2D eigenvalue weighted by Gasteiger charge is -2.29.